The van der Waals surface area contributed by atoms with Gasteiger partial charge in [-0.15, -0.1) is 0 Å². The molecule has 0 unspecified atom stereocenters. The number of carbonyl (C=O) groups is 3. The number of unbranched alkanes of at least 4 members (excludes halogenated alkanes) is 9. The van der Waals surface area contributed by atoms with Crippen LogP contribution < -0.4 is 9.47 Å². The second-order valence-corrected chi connectivity index (χ2v) is 11.1. The minimum atomic E-state index is -0.422. The summed E-state index contributed by atoms with van der Waals surface area (Å²) < 4.78 is 26.0. The van der Waals surface area contributed by atoms with Crippen molar-refractivity contribution < 1.29 is 38.1 Å². The van der Waals surface area contributed by atoms with Crippen LogP contribution in [0.25, 0.3) is 11.1 Å². The van der Waals surface area contributed by atoms with Crippen molar-refractivity contribution in [3.8, 4) is 22.6 Å². The maximum absolute atomic E-state index is 11.3. The number of rotatable bonds is 23. The first-order chi connectivity index (χ1) is 22.7. The zero-order valence-electron chi connectivity index (χ0n) is 28.7. The van der Waals surface area contributed by atoms with Gasteiger partial charge in [-0.1, -0.05) is 109 Å². The van der Waals surface area contributed by atoms with Gasteiger partial charge >= 0.3 is 17.9 Å². The fraction of sp³-hybridized carbons (Fsp3) is 0.462. The molecular formula is C39H54O8. The summed E-state index contributed by atoms with van der Waals surface area (Å²) >= 11 is 0. The lowest BCUT2D eigenvalue weighted by atomic mass is 10.1. The lowest BCUT2D eigenvalue weighted by Gasteiger charge is -2.09. The fourth-order valence-corrected chi connectivity index (χ4v) is 4.14. The Morgan fingerprint density at radius 1 is 0.553 bits per heavy atom. The summed E-state index contributed by atoms with van der Waals surface area (Å²) in [4.78, 5) is 33.3. The monoisotopic (exact) mass is 650 g/mol. The van der Waals surface area contributed by atoms with E-state index in [1.807, 2.05) is 48.5 Å². The third-order valence-electron chi connectivity index (χ3n) is 6.82. The van der Waals surface area contributed by atoms with Crippen LogP contribution in [0.3, 0.4) is 0 Å². The molecule has 0 saturated heterocycles. The summed E-state index contributed by atoms with van der Waals surface area (Å²) in [6.45, 7) is 17.3. The van der Waals surface area contributed by atoms with Crippen LogP contribution in [-0.2, 0) is 28.6 Å². The van der Waals surface area contributed by atoms with Gasteiger partial charge in [-0.3, -0.25) is 0 Å². The van der Waals surface area contributed by atoms with Gasteiger partial charge < -0.3 is 23.7 Å². The SMILES string of the molecule is C=C(C)C(=O)OCCOc1ccc(-c2ccc(OCCOC(=O)C(=C)C)cc2)cc1.C=CC(=O)OCCCCCCCCCCCC. The molecule has 47 heavy (non-hydrogen) atoms. The van der Waals surface area contributed by atoms with Gasteiger partial charge in [0, 0.05) is 17.2 Å². The first-order valence-corrected chi connectivity index (χ1v) is 16.6. The number of carbonyl (C=O) groups excluding carboxylic acids is 3. The van der Waals surface area contributed by atoms with Crippen molar-refractivity contribution in [2.24, 2.45) is 0 Å². The Balaban J connectivity index is 0.000000554. The van der Waals surface area contributed by atoms with Crippen molar-refractivity contribution in [1.82, 2.24) is 0 Å². The molecule has 0 bridgehead atoms. The van der Waals surface area contributed by atoms with Crippen LogP contribution in [0.5, 0.6) is 11.5 Å². The average molecular weight is 651 g/mol. The largest absolute Gasteiger partial charge is 0.490 e. The van der Waals surface area contributed by atoms with E-state index in [1.165, 1.54) is 63.9 Å². The molecule has 0 aliphatic rings. The smallest absolute Gasteiger partial charge is 0.333 e. The molecule has 2 rings (SSSR count). The van der Waals surface area contributed by atoms with Crippen LogP contribution in [0, 0.1) is 0 Å². The molecule has 0 saturated carbocycles. The van der Waals surface area contributed by atoms with E-state index < -0.39 is 11.9 Å². The predicted octanol–water partition coefficient (Wildman–Crippen LogP) is 8.99. The lowest BCUT2D eigenvalue weighted by Crippen LogP contribution is -2.12. The van der Waals surface area contributed by atoms with Crippen LogP contribution in [0.1, 0.15) is 85.0 Å². The summed E-state index contributed by atoms with van der Waals surface area (Å²) in [6, 6.07) is 15.2. The molecule has 0 heterocycles. The van der Waals surface area contributed by atoms with Crippen molar-refractivity contribution in [2.75, 3.05) is 33.0 Å². The van der Waals surface area contributed by atoms with Gasteiger partial charge in [0.25, 0.3) is 0 Å². The number of esters is 3. The molecule has 2 aromatic carbocycles. The number of benzene rings is 2. The van der Waals surface area contributed by atoms with Crippen molar-refractivity contribution in [3.63, 3.8) is 0 Å². The molecule has 0 amide bonds. The zero-order valence-corrected chi connectivity index (χ0v) is 28.7. The highest BCUT2D eigenvalue weighted by molar-refractivity contribution is 5.87. The third-order valence-corrected chi connectivity index (χ3v) is 6.82. The molecule has 2 aromatic rings. The molecule has 8 nitrogen and oxygen atoms in total. The van der Waals surface area contributed by atoms with E-state index in [4.69, 9.17) is 23.7 Å². The van der Waals surface area contributed by atoms with Gasteiger partial charge in [-0.25, -0.2) is 14.4 Å². The highest BCUT2D eigenvalue weighted by Gasteiger charge is 2.05. The van der Waals surface area contributed by atoms with Crippen molar-refractivity contribution in [2.45, 2.75) is 85.0 Å². The summed E-state index contributed by atoms with van der Waals surface area (Å²) in [5.41, 5.74) is 2.78. The van der Waals surface area contributed by atoms with Crippen LogP contribution in [0.15, 0.2) is 85.5 Å². The van der Waals surface area contributed by atoms with Gasteiger partial charge in [0.15, 0.2) is 0 Å². The Hall–Kier alpha value is -4.33. The van der Waals surface area contributed by atoms with Crippen molar-refractivity contribution in [3.05, 3.63) is 85.5 Å². The Morgan fingerprint density at radius 2 is 0.936 bits per heavy atom. The minimum Gasteiger partial charge on any atom is -0.490 e. The van der Waals surface area contributed by atoms with Gasteiger partial charge in [0.2, 0.25) is 0 Å². The van der Waals surface area contributed by atoms with Gasteiger partial charge in [-0.2, -0.15) is 0 Å². The summed E-state index contributed by atoms with van der Waals surface area (Å²) in [7, 11) is 0. The predicted molar refractivity (Wildman–Crippen MR) is 187 cm³/mol. The molecular weight excluding hydrogens is 596 g/mol. The third kappa shape index (κ3) is 20.4. The minimum absolute atomic E-state index is 0.168. The molecule has 0 aromatic heterocycles. The normalized spacial score (nSPS) is 10.1. The molecule has 258 valence electrons. The summed E-state index contributed by atoms with van der Waals surface area (Å²) in [5, 5.41) is 0. The van der Waals surface area contributed by atoms with Crippen LogP contribution in [0.4, 0.5) is 0 Å². The number of hydrogen-bond donors (Lipinski definition) is 0. The highest BCUT2D eigenvalue weighted by atomic mass is 16.6. The van der Waals surface area contributed by atoms with E-state index in [1.54, 1.807) is 13.8 Å². The maximum atomic E-state index is 11.3. The topological polar surface area (TPSA) is 97.4 Å². The highest BCUT2D eigenvalue weighted by Crippen LogP contribution is 2.24. The van der Waals surface area contributed by atoms with E-state index in [-0.39, 0.29) is 32.4 Å². The number of hydrogen-bond acceptors (Lipinski definition) is 8. The average Bonchev–Trinajstić information content (AvgIpc) is 3.08. The first-order valence-electron chi connectivity index (χ1n) is 16.6. The van der Waals surface area contributed by atoms with E-state index in [9.17, 15) is 14.4 Å². The molecule has 0 fully saturated rings. The van der Waals surface area contributed by atoms with Crippen LogP contribution in [-0.4, -0.2) is 50.9 Å². The first kappa shape index (κ1) is 40.7. The lowest BCUT2D eigenvalue weighted by molar-refractivity contribution is -0.140. The second-order valence-electron chi connectivity index (χ2n) is 11.1. The van der Waals surface area contributed by atoms with Gasteiger partial charge in [0.1, 0.15) is 37.9 Å². The Labute approximate surface area is 281 Å². The van der Waals surface area contributed by atoms with Crippen LogP contribution >= 0.6 is 0 Å². The Bertz CT molecular complexity index is 1140. The van der Waals surface area contributed by atoms with E-state index in [0.717, 1.165) is 17.5 Å². The Kier molecular flexibility index (Phi) is 22.4. The molecule has 0 N–H and O–H groups in total. The van der Waals surface area contributed by atoms with E-state index in [0.29, 0.717) is 29.3 Å². The standard InChI is InChI=1S/C24H26O6.C15H28O2/c1-17(2)23(25)29-15-13-27-21-9-5-19(6-10-21)20-7-11-22(12-8-20)28-14-16-30-24(26)18(3)4;1-3-5-6-7-8-9-10-11-12-13-14-17-15(16)4-2/h5-12H,1,3,13-16H2,2,4H3;4H,2-3,5-14H2,1H3. The molecule has 8 heteroatoms. The fourth-order valence-electron chi connectivity index (χ4n) is 4.14. The molecule has 0 spiro atoms. The Morgan fingerprint density at radius 3 is 1.30 bits per heavy atom. The quantitative estimate of drug-likeness (QED) is 0.0509. The summed E-state index contributed by atoms with van der Waals surface area (Å²) in [6.07, 6.45) is 14.2. The molecule has 0 aliphatic heterocycles. The van der Waals surface area contributed by atoms with E-state index in [2.05, 4.69) is 26.7 Å². The molecule has 0 atom stereocenters. The van der Waals surface area contributed by atoms with Crippen LogP contribution in [0.2, 0.25) is 0 Å². The van der Waals surface area contributed by atoms with E-state index >= 15 is 0 Å². The second kappa shape index (κ2) is 25.8. The van der Waals surface area contributed by atoms with Gasteiger partial charge in [0.05, 0.1) is 6.61 Å². The van der Waals surface area contributed by atoms with Crippen molar-refractivity contribution in [1.29, 1.82) is 0 Å². The molecule has 0 radical (unpaired) electrons. The number of ether oxygens (including phenoxy) is 5. The zero-order chi connectivity index (χ0) is 34.7. The van der Waals surface area contributed by atoms with Gasteiger partial charge in [-0.05, 0) is 55.7 Å². The maximum Gasteiger partial charge on any atom is 0.333 e. The molecule has 0 aliphatic carbocycles. The summed E-state index contributed by atoms with van der Waals surface area (Å²) in [5.74, 6) is 0.230. The van der Waals surface area contributed by atoms with Crippen molar-refractivity contribution >= 4 is 17.9 Å².